The molecule has 3 rings (SSSR count). The fourth-order valence-electron chi connectivity index (χ4n) is 3.71. The monoisotopic (exact) mass is 450 g/mol. The number of ether oxygens (including phenoxy) is 1. The molecule has 1 aliphatic heterocycles. The summed E-state index contributed by atoms with van der Waals surface area (Å²) in [5.74, 6) is -2.42. The van der Waals surface area contributed by atoms with Crippen LogP contribution in [-0.2, 0) is 14.9 Å². The Labute approximate surface area is 185 Å². The summed E-state index contributed by atoms with van der Waals surface area (Å²) in [6.45, 7) is 1.96. The van der Waals surface area contributed by atoms with E-state index < -0.39 is 17.5 Å². The van der Waals surface area contributed by atoms with E-state index in [1.54, 1.807) is 0 Å². The minimum Gasteiger partial charge on any atom is -0.381 e. The molecule has 0 spiro atoms. The van der Waals surface area contributed by atoms with E-state index in [4.69, 9.17) is 16.3 Å². The van der Waals surface area contributed by atoms with Crippen LogP contribution in [-0.4, -0.2) is 38.1 Å². The van der Waals surface area contributed by atoms with E-state index >= 15 is 0 Å². The third kappa shape index (κ3) is 6.24. The summed E-state index contributed by atoms with van der Waals surface area (Å²) >= 11 is 6.01. The average Bonchev–Trinajstić information content (AvgIpc) is 2.76. The molecule has 0 unspecified atom stereocenters. The molecule has 5 nitrogen and oxygen atoms in total. The first-order valence-electron chi connectivity index (χ1n) is 10.2. The van der Waals surface area contributed by atoms with Crippen molar-refractivity contribution in [1.29, 1.82) is 0 Å². The number of benzene rings is 2. The summed E-state index contributed by atoms with van der Waals surface area (Å²) in [5.41, 5.74) is 0.691. The minimum absolute atomic E-state index is 0.123. The number of rotatable bonds is 8. The number of carbonyl (C=O) groups excluding carboxylic acids is 2. The molecule has 2 amide bonds. The molecule has 1 fully saturated rings. The standard InChI is InChI=1S/C23H25ClF2N2O3/c24-17-5-3-16(4-6-17)23(9-12-31-13-10-23)15-28-21(29)2-1-11-27-22(30)19-8-7-18(25)14-20(19)26/h3-8,14H,1-2,9-13,15H2,(H,27,30)(H,28,29). The van der Waals surface area contributed by atoms with Gasteiger partial charge in [0.2, 0.25) is 5.91 Å². The van der Waals surface area contributed by atoms with E-state index in [0.717, 1.165) is 30.5 Å². The Morgan fingerprint density at radius 2 is 1.74 bits per heavy atom. The number of amides is 2. The molecule has 1 aliphatic rings. The van der Waals surface area contributed by atoms with Crippen LogP contribution in [0.15, 0.2) is 42.5 Å². The Balaban J connectivity index is 1.46. The molecular weight excluding hydrogens is 426 g/mol. The third-order valence-electron chi connectivity index (χ3n) is 5.57. The molecule has 0 saturated carbocycles. The summed E-state index contributed by atoms with van der Waals surface area (Å²) in [5, 5.41) is 6.21. The van der Waals surface area contributed by atoms with Crippen LogP contribution in [0, 0.1) is 11.6 Å². The zero-order valence-corrected chi connectivity index (χ0v) is 17.8. The van der Waals surface area contributed by atoms with Gasteiger partial charge in [0.05, 0.1) is 5.56 Å². The van der Waals surface area contributed by atoms with E-state index in [1.807, 2.05) is 24.3 Å². The van der Waals surface area contributed by atoms with Crippen molar-refractivity contribution in [2.24, 2.45) is 0 Å². The zero-order chi connectivity index (χ0) is 22.3. The lowest BCUT2D eigenvalue weighted by atomic mass is 9.74. The molecule has 0 aliphatic carbocycles. The van der Waals surface area contributed by atoms with Crippen LogP contribution in [0.4, 0.5) is 8.78 Å². The maximum absolute atomic E-state index is 13.6. The summed E-state index contributed by atoms with van der Waals surface area (Å²) in [6.07, 6.45) is 2.22. The highest BCUT2D eigenvalue weighted by molar-refractivity contribution is 6.30. The predicted octanol–water partition coefficient (Wildman–Crippen LogP) is 3.99. The first-order valence-corrected chi connectivity index (χ1v) is 10.6. The lowest BCUT2D eigenvalue weighted by molar-refractivity contribution is -0.121. The second-order valence-electron chi connectivity index (χ2n) is 7.66. The number of hydrogen-bond donors (Lipinski definition) is 2. The highest BCUT2D eigenvalue weighted by Gasteiger charge is 2.34. The van der Waals surface area contributed by atoms with Gasteiger partial charge in [-0.25, -0.2) is 8.78 Å². The second-order valence-corrected chi connectivity index (χ2v) is 8.10. The summed E-state index contributed by atoms with van der Waals surface area (Å²) < 4.78 is 32.1. The van der Waals surface area contributed by atoms with Crippen molar-refractivity contribution >= 4 is 23.4 Å². The molecule has 166 valence electrons. The van der Waals surface area contributed by atoms with Crippen molar-refractivity contribution in [3.8, 4) is 0 Å². The van der Waals surface area contributed by atoms with E-state index in [2.05, 4.69) is 10.6 Å². The van der Waals surface area contributed by atoms with Gasteiger partial charge in [0.25, 0.3) is 5.91 Å². The van der Waals surface area contributed by atoms with Gasteiger partial charge < -0.3 is 15.4 Å². The smallest absolute Gasteiger partial charge is 0.254 e. The zero-order valence-electron chi connectivity index (χ0n) is 17.1. The number of nitrogens with one attached hydrogen (secondary N) is 2. The summed E-state index contributed by atoms with van der Waals surface area (Å²) in [6, 6.07) is 10.5. The normalized spacial score (nSPS) is 15.3. The minimum atomic E-state index is -0.917. The fraction of sp³-hybridized carbons (Fsp3) is 0.391. The van der Waals surface area contributed by atoms with Crippen LogP contribution in [0.25, 0.3) is 0 Å². The van der Waals surface area contributed by atoms with Gasteiger partial charge in [-0.2, -0.15) is 0 Å². The van der Waals surface area contributed by atoms with Crippen LogP contribution < -0.4 is 10.6 Å². The Bertz CT molecular complexity index is 916. The van der Waals surface area contributed by atoms with E-state index in [0.29, 0.717) is 37.3 Å². The fourth-order valence-corrected chi connectivity index (χ4v) is 3.83. The molecule has 0 bridgehead atoms. The lowest BCUT2D eigenvalue weighted by Gasteiger charge is -2.38. The molecule has 2 aromatic rings. The van der Waals surface area contributed by atoms with Crippen molar-refractivity contribution < 1.29 is 23.1 Å². The van der Waals surface area contributed by atoms with Gasteiger partial charge in [-0.3, -0.25) is 9.59 Å². The van der Waals surface area contributed by atoms with Gasteiger partial charge in [0.1, 0.15) is 11.6 Å². The van der Waals surface area contributed by atoms with Gasteiger partial charge in [-0.15, -0.1) is 0 Å². The molecule has 1 heterocycles. The van der Waals surface area contributed by atoms with Crippen LogP contribution >= 0.6 is 11.6 Å². The molecule has 0 radical (unpaired) electrons. The quantitative estimate of drug-likeness (QED) is 0.597. The van der Waals surface area contributed by atoms with Gasteiger partial charge in [-0.05, 0) is 49.1 Å². The average molecular weight is 451 g/mol. The molecule has 31 heavy (non-hydrogen) atoms. The molecule has 1 saturated heterocycles. The topological polar surface area (TPSA) is 67.4 Å². The van der Waals surface area contributed by atoms with E-state index in [1.165, 1.54) is 0 Å². The largest absolute Gasteiger partial charge is 0.381 e. The molecule has 0 aromatic heterocycles. The van der Waals surface area contributed by atoms with Crippen LogP contribution in [0.1, 0.15) is 41.6 Å². The van der Waals surface area contributed by atoms with Gasteiger partial charge in [-0.1, -0.05) is 23.7 Å². The van der Waals surface area contributed by atoms with Crippen molar-refractivity contribution in [3.63, 3.8) is 0 Å². The summed E-state index contributed by atoms with van der Waals surface area (Å²) in [4.78, 5) is 24.3. The van der Waals surface area contributed by atoms with Crippen molar-refractivity contribution in [2.45, 2.75) is 31.1 Å². The van der Waals surface area contributed by atoms with E-state index in [9.17, 15) is 18.4 Å². The van der Waals surface area contributed by atoms with E-state index in [-0.39, 0.29) is 29.9 Å². The maximum atomic E-state index is 13.6. The molecule has 0 atom stereocenters. The Morgan fingerprint density at radius 3 is 2.42 bits per heavy atom. The Kier molecular flexibility index (Phi) is 7.98. The van der Waals surface area contributed by atoms with Crippen molar-refractivity contribution in [1.82, 2.24) is 10.6 Å². The van der Waals surface area contributed by atoms with Crippen LogP contribution in [0.2, 0.25) is 5.02 Å². The van der Waals surface area contributed by atoms with Gasteiger partial charge >= 0.3 is 0 Å². The first-order chi connectivity index (χ1) is 14.9. The van der Waals surface area contributed by atoms with Crippen LogP contribution in [0.5, 0.6) is 0 Å². The van der Waals surface area contributed by atoms with Crippen molar-refractivity contribution in [2.75, 3.05) is 26.3 Å². The Morgan fingerprint density at radius 1 is 1.03 bits per heavy atom. The maximum Gasteiger partial charge on any atom is 0.254 e. The predicted molar refractivity (Wildman–Crippen MR) is 114 cm³/mol. The SMILES string of the molecule is O=C(CCCNC(=O)c1ccc(F)cc1F)NCC1(c2ccc(Cl)cc2)CCOCC1. The lowest BCUT2D eigenvalue weighted by Crippen LogP contribution is -2.44. The summed E-state index contributed by atoms with van der Waals surface area (Å²) in [7, 11) is 0. The third-order valence-corrected chi connectivity index (χ3v) is 5.82. The van der Waals surface area contributed by atoms with Gasteiger partial charge in [0.15, 0.2) is 0 Å². The van der Waals surface area contributed by atoms with Gasteiger partial charge in [0, 0.05) is 49.2 Å². The first kappa shape index (κ1) is 23.2. The molecule has 2 N–H and O–H groups in total. The highest BCUT2D eigenvalue weighted by atomic mass is 35.5. The number of halogens is 3. The number of carbonyl (C=O) groups is 2. The molecule has 8 heteroatoms. The number of hydrogen-bond acceptors (Lipinski definition) is 3. The highest BCUT2D eigenvalue weighted by Crippen LogP contribution is 2.34. The molecule has 2 aromatic carbocycles. The Hall–Kier alpha value is -2.51. The van der Waals surface area contributed by atoms with Crippen molar-refractivity contribution in [3.05, 3.63) is 70.2 Å². The second kappa shape index (κ2) is 10.7. The molecular formula is C23H25ClF2N2O3. The van der Waals surface area contributed by atoms with Crippen LogP contribution in [0.3, 0.4) is 0 Å².